The zero-order valence-corrected chi connectivity index (χ0v) is 17.3. The number of rotatable bonds is 9. The Balaban J connectivity index is 1.96. The van der Waals surface area contributed by atoms with Crippen LogP contribution in [0.25, 0.3) is 5.76 Å². The third-order valence-electron chi connectivity index (χ3n) is 5.31. The molecule has 1 atom stereocenters. The molecule has 0 radical (unpaired) electrons. The smallest absolute Gasteiger partial charge is 0.303 e. The quantitative estimate of drug-likeness (QED) is 0.275. The number of carbonyl (C=O) groups is 3. The molecule has 1 unspecified atom stereocenters. The standard InChI is InChI=1S/C24H25NO6/c1-31-18-13-11-16(12-14-18)21-20(22(28)17-8-4-2-5-9-17)23(29)24(30)25(21)15-7-3-6-10-19(26)27/h2,4-5,8-9,11-14,21,28H,3,6-7,10,15H2,1H3,(H,26,27)/b22-20-. The van der Waals surface area contributed by atoms with Crippen LogP contribution in [-0.2, 0) is 14.4 Å². The normalized spacial score (nSPS) is 17.7. The summed E-state index contributed by atoms with van der Waals surface area (Å²) in [6.45, 7) is 0.284. The van der Waals surface area contributed by atoms with E-state index in [9.17, 15) is 19.5 Å². The van der Waals surface area contributed by atoms with Gasteiger partial charge in [0.2, 0.25) is 0 Å². The second kappa shape index (κ2) is 9.93. The first-order chi connectivity index (χ1) is 14.9. The summed E-state index contributed by atoms with van der Waals surface area (Å²) in [5, 5.41) is 19.7. The maximum Gasteiger partial charge on any atom is 0.303 e. The average molecular weight is 423 g/mol. The van der Waals surface area contributed by atoms with Crippen LogP contribution in [0.15, 0.2) is 60.2 Å². The van der Waals surface area contributed by atoms with Crippen molar-refractivity contribution in [3.05, 3.63) is 71.3 Å². The Bertz CT molecular complexity index is 981. The Morgan fingerprint density at radius 2 is 1.65 bits per heavy atom. The summed E-state index contributed by atoms with van der Waals surface area (Å²) in [5.41, 5.74) is 1.19. The molecule has 3 rings (SSSR count). The fourth-order valence-corrected chi connectivity index (χ4v) is 3.73. The third kappa shape index (κ3) is 4.94. The van der Waals surface area contributed by atoms with Crippen LogP contribution in [0.4, 0.5) is 0 Å². The molecule has 1 heterocycles. The molecule has 1 aliphatic rings. The first-order valence-corrected chi connectivity index (χ1v) is 10.1. The summed E-state index contributed by atoms with van der Waals surface area (Å²) in [5.74, 6) is -1.84. The number of methoxy groups -OCH3 is 1. The summed E-state index contributed by atoms with van der Waals surface area (Å²) in [6.07, 6.45) is 1.73. The molecule has 0 saturated carbocycles. The number of amides is 1. The molecule has 0 bridgehead atoms. The van der Waals surface area contributed by atoms with Gasteiger partial charge in [0.1, 0.15) is 11.5 Å². The van der Waals surface area contributed by atoms with E-state index in [0.29, 0.717) is 36.1 Å². The number of carboxylic acids is 1. The van der Waals surface area contributed by atoms with E-state index < -0.39 is 23.7 Å². The Kier molecular flexibility index (Phi) is 7.07. The minimum Gasteiger partial charge on any atom is -0.507 e. The minimum atomic E-state index is -0.860. The number of Topliss-reactive ketones (excluding diaryl/α,β-unsaturated/α-hetero) is 1. The highest BCUT2D eigenvalue weighted by molar-refractivity contribution is 6.46. The molecule has 7 nitrogen and oxygen atoms in total. The second-order valence-corrected chi connectivity index (χ2v) is 7.34. The molecule has 1 amide bonds. The monoisotopic (exact) mass is 423 g/mol. The van der Waals surface area contributed by atoms with Crippen molar-refractivity contribution in [2.75, 3.05) is 13.7 Å². The van der Waals surface area contributed by atoms with Crippen molar-refractivity contribution in [3.63, 3.8) is 0 Å². The molecule has 2 N–H and O–H groups in total. The van der Waals surface area contributed by atoms with Crippen molar-refractivity contribution >= 4 is 23.4 Å². The number of carboxylic acid groups (broad SMARTS) is 1. The molecule has 0 spiro atoms. The van der Waals surface area contributed by atoms with Crippen LogP contribution in [0.2, 0.25) is 0 Å². The van der Waals surface area contributed by atoms with E-state index in [1.54, 1.807) is 61.7 Å². The number of carbonyl (C=O) groups excluding carboxylic acids is 2. The lowest BCUT2D eigenvalue weighted by Crippen LogP contribution is -2.30. The molecule has 1 saturated heterocycles. The van der Waals surface area contributed by atoms with Gasteiger partial charge in [-0.15, -0.1) is 0 Å². The van der Waals surface area contributed by atoms with Gasteiger partial charge in [-0.25, -0.2) is 0 Å². The summed E-state index contributed by atoms with van der Waals surface area (Å²) in [7, 11) is 1.55. The van der Waals surface area contributed by atoms with E-state index >= 15 is 0 Å². The fourth-order valence-electron chi connectivity index (χ4n) is 3.73. The number of aliphatic hydroxyl groups is 1. The predicted molar refractivity (Wildman–Crippen MR) is 115 cm³/mol. The summed E-state index contributed by atoms with van der Waals surface area (Å²) < 4.78 is 5.20. The van der Waals surface area contributed by atoms with Crippen LogP contribution in [0, 0.1) is 0 Å². The third-order valence-corrected chi connectivity index (χ3v) is 5.31. The van der Waals surface area contributed by atoms with Gasteiger partial charge >= 0.3 is 5.97 Å². The van der Waals surface area contributed by atoms with E-state index in [1.165, 1.54) is 4.90 Å². The highest BCUT2D eigenvalue weighted by atomic mass is 16.5. The number of benzene rings is 2. The molecule has 0 aliphatic carbocycles. The lowest BCUT2D eigenvalue weighted by molar-refractivity contribution is -0.140. The van der Waals surface area contributed by atoms with Crippen molar-refractivity contribution in [2.45, 2.75) is 31.7 Å². The van der Waals surface area contributed by atoms with Crippen LogP contribution in [0.1, 0.15) is 42.9 Å². The molecule has 2 aromatic carbocycles. The number of hydrogen-bond donors (Lipinski definition) is 2. The first-order valence-electron chi connectivity index (χ1n) is 10.1. The van der Waals surface area contributed by atoms with Gasteiger partial charge in [0, 0.05) is 18.5 Å². The number of unbranched alkanes of at least 4 members (excludes halogenated alkanes) is 2. The van der Waals surface area contributed by atoms with Crippen molar-refractivity contribution in [3.8, 4) is 5.75 Å². The van der Waals surface area contributed by atoms with E-state index in [1.807, 2.05) is 0 Å². The molecule has 31 heavy (non-hydrogen) atoms. The summed E-state index contributed by atoms with van der Waals surface area (Å²) >= 11 is 0. The number of nitrogens with zero attached hydrogens (tertiary/aromatic N) is 1. The number of ether oxygens (including phenoxy) is 1. The molecule has 1 fully saturated rings. The van der Waals surface area contributed by atoms with Crippen LogP contribution in [0.5, 0.6) is 5.75 Å². The zero-order valence-electron chi connectivity index (χ0n) is 17.3. The Hall–Kier alpha value is -3.61. The van der Waals surface area contributed by atoms with Crippen LogP contribution < -0.4 is 4.74 Å². The van der Waals surface area contributed by atoms with Gasteiger partial charge in [0.15, 0.2) is 0 Å². The van der Waals surface area contributed by atoms with Crippen molar-refractivity contribution in [2.24, 2.45) is 0 Å². The largest absolute Gasteiger partial charge is 0.507 e. The predicted octanol–water partition coefficient (Wildman–Crippen LogP) is 3.76. The fraction of sp³-hybridized carbons (Fsp3) is 0.292. The topological polar surface area (TPSA) is 104 Å². The summed E-state index contributed by atoms with van der Waals surface area (Å²) in [4.78, 5) is 37.9. The average Bonchev–Trinajstić information content (AvgIpc) is 3.03. The molecular formula is C24H25NO6. The van der Waals surface area contributed by atoms with Crippen molar-refractivity contribution in [1.82, 2.24) is 4.90 Å². The van der Waals surface area contributed by atoms with Gasteiger partial charge in [-0.3, -0.25) is 14.4 Å². The Morgan fingerprint density at radius 1 is 0.968 bits per heavy atom. The zero-order chi connectivity index (χ0) is 22.4. The lowest BCUT2D eigenvalue weighted by atomic mass is 9.95. The number of aliphatic carboxylic acids is 1. The van der Waals surface area contributed by atoms with Crippen LogP contribution >= 0.6 is 0 Å². The molecule has 2 aromatic rings. The van der Waals surface area contributed by atoms with Gasteiger partial charge in [0.05, 0.1) is 18.7 Å². The molecule has 0 aromatic heterocycles. The lowest BCUT2D eigenvalue weighted by Gasteiger charge is -2.25. The maximum atomic E-state index is 12.9. The number of aliphatic hydroxyl groups excluding tert-OH is 1. The molecule has 1 aliphatic heterocycles. The number of likely N-dealkylation sites (tertiary alicyclic amines) is 1. The van der Waals surface area contributed by atoms with Gasteiger partial charge in [-0.2, -0.15) is 0 Å². The maximum absolute atomic E-state index is 12.9. The minimum absolute atomic E-state index is 0.0481. The van der Waals surface area contributed by atoms with Crippen LogP contribution in [-0.4, -0.2) is 46.4 Å². The highest BCUT2D eigenvalue weighted by Crippen LogP contribution is 2.39. The molecule has 162 valence electrons. The van der Waals surface area contributed by atoms with Gasteiger partial charge in [-0.1, -0.05) is 48.9 Å². The highest BCUT2D eigenvalue weighted by Gasteiger charge is 2.45. The van der Waals surface area contributed by atoms with Gasteiger partial charge in [-0.05, 0) is 30.5 Å². The summed E-state index contributed by atoms with van der Waals surface area (Å²) in [6, 6.07) is 14.9. The van der Waals surface area contributed by atoms with Crippen LogP contribution in [0.3, 0.4) is 0 Å². The molecular weight excluding hydrogens is 398 g/mol. The second-order valence-electron chi connectivity index (χ2n) is 7.34. The Labute approximate surface area is 180 Å². The molecule has 7 heteroatoms. The SMILES string of the molecule is COc1ccc(C2/C(=C(/O)c3ccccc3)C(=O)C(=O)N2CCCCCC(=O)O)cc1. The van der Waals surface area contributed by atoms with E-state index in [-0.39, 0.29) is 24.3 Å². The van der Waals surface area contributed by atoms with E-state index in [4.69, 9.17) is 9.84 Å². The van der Waals surface area contributed by atoms with E-state index in [2.05, 4.69) is 0 Å². The first kappa shape index (κ1) is 22.1. The number of hydrogen-bond acceptors (Lipinski definition) is 5. The van der Waals surface area contributed by atoms with Crippen molar-refractivity contribution < 1.29 is 29.3 Å². The van der Waals surface area contributed by atoms with Gasteiger partial charge in [0.25, 0.3) is 11.7 Å². The Morgan fingerprint density at radius 3 is 2.26 bits per heavy atom. The van der Waals surface area contributed by atoms with E-state index in [0.717, 1.165) is 0 Å². The number of ketones is 1. The van der Waals surface area contributed by atoms with Gasteiger partial charge < -0.3 is 19.8 Å². The van der Waals surface area contributed by atoms with Crippen molar-refractivity contribution in [1.29, 1.82) is 0 Å².